The van der Waals surface area contributed by atoms with E-state index >= 15 is 0 Å². The smallest absolute Gasteiger partial charge is 0.364 e. The number of carbonyl (C=O) groups is 6. The number of ketones is 1. The molecule has 5 rings (SSSR count). The number of allylic oxidation sites excluding steroid dienone is 3. The van der Waals surface area contributed by atoms with Crippen LogP contribution in [0.4, 0.5) is 0 Å². The largest absolute Gasteiger partial charge is 0.477 e. The van der Waals surface area contributed by atoms with Crippen LogP contribution in [-0.2, 0) is 76.1 Å². The van der Waals surface area contributed by atoms with Crippen LogP contribution in [0.5, 0.6) is 0 Å². The number of carbonyl (C=O) groups excluding carboxylic acids is 4. The first-order valence-electron chi connectivity index (χ1n) is 41.6. The average molecular weight is 1670 g/mol. The molecule has 0 radical (unpaired) electrons. The van der Waals surface area contributed by atoms with Crippen LogP contribution in [0, 0.1) is 5.92 Å². The van der Waals surface area contributed by atoms with Crippen LogP contribution in [-0.4, -0.2) is 338 Å². The quantitative estimate of drug-likeness (QED) is 0.0261. The Hall–Kier alpha value is -4.54. The molecule has 5 aliphatic heterocycles. The number of carboxylic acid groups (broad SMARTS) is 2. The monoisotopic (exact) mass is 1670 g/mol. The fourth-order valence-electron chi connectivity index (χ4n) is 15.4. The zero-order valence-electron chi connectivity index (χ0n) is 67.7. The summed E-state index contributed by atoms with van der Waals surface area (Å²) in [6.07, 6.45) is -18.3. The number of aliphatic hydroxyl groups is 16. The van der Waals surface area contributed by atoms with E-state index in [1.54, 1.807) is 6.08 Å². The van der Waals surface area contributed by atoms with Crippen LogP contribution in [0.1, 0.15) is 221 Å². The van der Waals surface area contributed by atoms with Gasteiger partial charge < -0.3 is 160 Å². The molecule has 116 heavy (non-hydrogen) atoms. The van der Waals surface area contributed by atoms with Crippen molar-refractivity contribution < 1.29 is 168 Å². The zero-order chi connectivity index (χ0) is 85.8. The predicted octanol–water partition coefficient (Wildman–Crippen LogP) is -0.826. The highest BCUT2D eigenvalue weighted by molar-refractivity contribution is 5.78. The average Bonchev–Trinajstić information content (AvgIpc) is 0.751. The molecule has 5 heterocycles. The van der Waals surface area contributed by atoms with Gasteiger partial charge in [-0.2, -0.15) is 0 Å². The van der Waals surface area contributed by atoms with Gasteiger partial charge in [0.05, 0.1) is 82.2 Å². The molecular formula is C79H137N3O34. The second kappa shape index (κ2) is 52.7. The third kappa shape index (κ3) is 30.8. The van der Waals surface area contributed by atoms with Gasteiger partial charge in [-0.3, -0.25) is 14.4 Å². The molecule has 0 saturated carbocycles. The molecule has 29 atom stereocenters. The van der Waals surface area contributed by atoms with E-state index in [-0.39, 0.29) is 6.42 Å². The number of amides is 3. The normalized spacial score (nSPS) is 33.4. The Labute approximate surface area is 678 Å². The summed E-state index contributed by atoms with van der Waals surface area (Å²) in [5.74, 6) is -15.9. The maximum absolute atomic E-state index is 14.2. The van der Waals surface area contributed by atoms with E-state index in [0.29, 0.717) is 12.8 Å². The molecule has 3 amide bonds. The Morgan fingerprint density at radius 2 is 0.948 bits per heavy atom. The molecule has 672 valence electrons. The maximum Gasteiger partial charge on any atom is 0.364 e. The molecule has 5 saturated heterocycles. The fourth-order valence-corrected chi connectivity index (χ4v) is 15.4. The predicted molar refractivity (Wildman–Crippen MR) is 408 cm³/mol. The maximum atomic E-state index is 14.2. The second-order valence-electron chi connectivity index (χ2n) is 31.4. The molecule has 0 spiro atoms. The molecule has 5 aliphatic rings. The Bertz CT molecular complexity index is 2910. The number of unbranched alkanes of at least 4 members (excludes halogenated alkanes) is 22. The Balaban J connectivity index is 1.45. The first-order chi connectivity index (χ1) is 55.3. The van der Waals surface area contributed by atoms with Gasteiger partial charge in [0.2, 0.25) is 17.7 Å². The summed E-state index contributed by atoms with van der Waals surface area (Å²) in [7, 11) is 0. The number of hydrogen-bond donors (Lipinski definition) is 21. The highest BCUT2D eigenvalue weighted by Crippen LogP contribution is 2.43. The molecule has 0 bridgehead atoms. The topological polar surface area (TPSA) is 595 Å². The van der Waals surface area contributed by atoms with E-state index < -0.39 is 271 Å². The van der Waals surface area contributed by atoms with Crippen molar-refractivity contribution in [1.82, 2.24) is 16.0 Å². The van der Waals surface area contributed by atoms with Crippen molar-refractivity contribution in [2.75, 3.05) is 39.6 Å². The van der Waals surface area contributed by atoms with Gasteiger partial charge in [-0.1, -0.05) is 154 Å². The number of hydrogen-bond acceptors (Lipinski definition) is 32. The van der Waals surface area contributed by atoms with Crippen LogP contribution in [0.25, 0.3) is 0 Å². The molecule has 29 unspecified atom stereocenters. The lowest BCUT2D eigenvalue weighted by atomic mass is 9.86. The summed E-state index contributed by atoms with van der Waals surface area (Å²) in [5, 5.41) is 211. The molecule has 0 aromatic carbocycles. The van der Waals surface area contributed by atoms with Gasteiger partial charge in [0.25, 0.3) is 11.6 Å². The minimum Gasteiger partial charge on any atom is -0.477 e. The van der Waals surface area contributed by atoms with Crippen molar-refractivity contribution in [2.24, 2.45) is 5.92 Å². The van der Waals surface area contributed by atoms with Crippen molar-refractivity contribution in [3.05, 3.63) is 24.3 Å². The van der Waals surface area contributed by atoms with Gasteiger partial charge in [-0.15, -0.1) is 0 Å². The number of nitrogens with one attached hydrogen (secondary N) is 3. The lowest BCUT2D eigenvalue weighted by Crippen LogP contribution is -2.72. The van der Waals surface area contributed by atoms with Crippen molar-refractivity contribution in [1.29, 1.82) is 0 Å². The molecule has 0 aromatic heterocycles. The first-order valence-corrected chi connectivity index (χ1v) is 41.6. The summed E-state index contributed by atoms with van der Waals surface area (Å²) in [4.78, 5) is 79.2. The van der Waals surface area contributed by atoms with E-state index in [4.69, 9.17) is 47.4 Å². The Morgan fingerprint density at radius 1 is 0.491 bits per heavy atom. The Morgan fingerprint density at radius 3 is 1.45 bits per heavy atom. The first kappa shape index (κ1) is 102. The number of aliphatic carboxylic acids is 2. The standard InChI is InChI=1S/C79H137N3O34/c1-6-8-10-12-14-16-18-20-21-23-25-27-29-31-33-35-58(95)82-49(50(91)34-32-30-28-26-24-22-19-17-15-13-11-9-7-2)44-107-74-66(101)65(100)68(56(42-86)109-74)111-75-67(102)72(69(57(43-87)110-75)112-73-48(36-45(3)88)61(96)63(98)54(40-84)108-73)116-79(77(105)106)38-52(93)60(81-47(5)90)71(115-79)64(99)55(41-85)113-78(76(103)104)37-51(92)59(80-46(4)89)70(114-78)62(97)53(94)39-83/h16,18,32,34,48-57,59-75,83-87,91-94,96-102H,6-15,17,19-31,33,35-44H2,1-5H3,(H,80,89)(H,81,90)(H,82,95)(H,103,104)(H,105,106). The van der Waals surface area contributed by atoms with Gasteiger partial charge in [0.1, 0.15) is 103 Å². The number of Topliss-reactive ketones (excluding diaryl/α,β-unsaturated/α-hetero) is 1. The van der Waals surface area contributed by atoms with Crippen LogP contribution in [0.2, 0.25) is 0 Å². The molecule has 5 fully saturated rings. The highest BCUT2D eigenvalue weighted by atomic mass is 16.8. The lowest BCUT2D eigenvalue weighted by Gasteiger charge is -2.52. The van der Waals surface area contributed by atoms with Gasteiger partial charge in [-0.25, -0.2) is 9.59 Å². The lowest BCUT2D eigenvalue weighted by molar-refractivity contribution is -0.404. The summed E-state index contributed by atoms with van der Waals surface area (Å²) >= 11 is 0. The number of carboxylic acids is 2. The van der Waals surface area contributed by atoms with E-state index in [2.05, 4.69) is 41.9 Å². The number of ether oxygens (including phenoxy) is 10. The second-order valence-corrected chi connectivity index (χ2v) is 31.4. The summed E-state index contributed by atoms with van der Waals surface area (Å²) in [6.45, 7) is 0.672. The molecular weight excluding hydrogens is 1530 g/mol. The van der Waals surface area contributed by atoms with Gasteiger partial charge in [-0.05, 0) is 51.9 Å². The molecule has 37 nitrogen and oxygen atoms in total. The SMILES string of the molecule is CCCCCCC=CCCCCCCCCCC(=O)NC(COC1OC(CO)C(OC2OC(CO)C(OC3OC(CO)C(O)C(O)C3CC(C)=O)C(OC3(C(=O)O)CC(O)C(NC(C)=O)C(C(O)C(CO)OC4(C(=O)O)CC(O)C(NC(C)=O)C(C(O)C(O)CO)O4)O3)C2O)C(O)C1O)C(O)C=CCCCCCCCCCCCCC. The fraction of sp³-hybridized carbons (Fsp3) is 0.873. The van der Waals surface area contributed by atoms with Crippen molar-refractivity contribution in [2.45, 2.75) is 391 Å². The summed E-state index contributed by atoms with van der Waals surface area (Å²) in [6, 6.07) is -4.96. The minimum absolute atomic E-state index is 0.106. The van der Waals surface area contributed by atoms with E-state index in [0.717, 1.165) is 104 Å². The molecule has 0 aliphatic carbocycles. The van der Waals surface area contributed by atoms with E-state index in [1.807, 2.05) is 0 Å². The number of aliphatic hydroxyl groups excluding tert-OH is 16. The minimum atomic E-state index is -3.58. The third-order valence-electron chi connectivity index (χ3n) is 21.9. The van der Waals surface area contributed by atoms with Gasteiger partial charge >= 0.3 is 11.9 Å². The van der Waals surface area contributed by atoms with Crippen molar-refractivity contribution in [3.8, 4) is 0 Å². The summed E-state index contributed by atoms with van der Waals surface area (Å²) < 4.78 is 60.1. The number of rotatable bonds is 56. The Kier molecular flexibility index (Phi) is 46.4. The molecule has 21 N–H and O–H groups in total. The van der Waals surface area contributed by atoms with Crippen molar-refractivity contribution >= 4 is 35.4 Å². The third-order valence-corrected chi connectivity index (χ3v) is 21.9. The summed E-state index contributed by atoms with van der Waals surface area (Å²) in [5.41, 5.74) is 0. The van der Waals surface area contributed by atoms with Crippen molar-refractivity contribution in [3.63, 3.8) is 0 Å². The van der Waals surface area contributed by atoms with Crippen LogP contribution < -0.4 is 16.0 Å². The van der Waals surface area contributed by atoms with Crippen LogP contribution in [0.15, 0.2) is 24.3 Å². The highest BCUT2D eigenvalue weighted by Gasteiger charge is 2.64. The van der Waals surface area contributed by atoms with E-state index in [9.17, 15) is 121 Å². The van der Waals surface area contributed by atoms with Crippen LogP contribution in [0.3, 0.4) is 0 Å². The molecule has 37 heteroatoms. The van der Waals surface area contributed by atoms with Gasteiger partial charge in [0.15, 0.2) is 18.9 Å². The van der Waals surface area contributed by atoms with Crippen LogP contribution >= 0.6 is 0 Å². The van der Waals surface area contributed by atoms with Gasteiger partial charge in [0, 0.05) is 45.4 Å². The zero-order valence-corrected chi connectivity index (χ0v) is 67.7. The molecule has 0 aromatic rings. The van der Waals surface area contributed by atoms with E-state index in [1.165, 1.54) is 70.3 Å².